The van der Waals surface area contributed by atoms with Gasteiger partial charge >= 0.3 is 12.3 Å². The first kappa shape index (κ1) is 18.3. The van der Waals surface area contributed by atoms with E-state index in [1.54, 1.807) is 0 Å². The molecule has 2 saturated heterocycles. The van der Waals surface area contributed by atoms with Gasteiger partial charge in [0.2, 0.25) is 0 Å². The van der Waals surface area contributed by atoms with Crippen molar-refractivity contribution >= 4 is 28.9 Å². The molecule has 132 valence electrons. The molecule has 2 rings (SSSR count). The molecular weight excluding hydrogens is 336 g/mol. The lowest BCUT2D eigenvalue weighted by Crippen LogP contribution is -2.45. The second-order valence-electron chi connectivity index (χ2n) is 7.30. The van der Waals surface area contributed by atoms with Crippen LogP contribution in [0.1, 0.15) is 12.8 Å². The molecule has 2 unspecified atom stereocenters. The zero-order valence-electron chi connectivity index (χ0n) is 14.3. The van der Waals surface area contributed by atoms with Gasteiger partial charge in [-0.1, -0.05) is 0 Å². The standard InChI is InChI=1S/C14H26O7Si2/c1-22(2,7-5-11-9-17-13(15)19-11)21-23(3,4)8-6-12-10-18-14(16)20-12/h11-12H,5-10H2,1-4H3. The molecule has 0 spiro atoms. The highest BCUT2D eigenvalue weighted by molar-refractivity contribution is 6.84. The second kappa shape index (κ2) is 7.22. The van der Waals surface area contributed by atoms with Crippen LogP contribution in [0.25, 0.3) is 0 Å². The van der Waals surface area contributed by atoms with Crippen molar-refractivity contribution in [3.05, 3.63) is 0 Å². The Balaban J connectivity index is 1.73. The molecule has 2 fully saturated rings. The van der Waals surface area contributed by atoms with Crippen molar-refractivity contribution in [3.63, 3.8) is 0 Å². The summed E-state index contributed by atoms with van der Waals surface area (Å²) in [6.07, 6.45) is 0.139. The van der Waals surface area contributed by atoms with E-state index in [4.69, 9.17) is 23.1 Å². The predicted molar refractivity (Wildman–Crippen MR) is 87.3 cm³/mol. The van der Waals surface area contributed by atoms with Crippen molar-refractivity contribution in [2.24, 2.45) is 0 Å². The van der Waals surface area contributed by atoms with Gasteiger partial charge in [-0.2, -0.15) is 0 Å². The molecule has 9 heteroatoms. The lowest BCUT2D eigenvalue weighted by atomic mass is 10.3. The fourth-order valence-electron chi connectivity index (χ4n) is 2.88. The summed E-state index contributed by atoms with van der Waals surface area (Å²) in [6.45, 7) is 9.46. The monoisotopic (exact) mass is 362 g/mol. The third-order valence-electron chi connectivity index (χ3n) is 3.99. The molecule has 0 radical (unpaired) electrons. The average molecular weight is 363 g/mol. The molecule has 0 aromatic rings. The van der Waals surface area contributed by atoms with Crippen LogP contribution in [0.4, 0.5) is 9.59 Å². The van der Waals surface area contributed by atoms with E-state index >= 15 is 0 Å². The SMILES string of the molecule is C[Si](C)(CCC1COC(=O)O1)O[Si](C)(C)CCC1COC(=O)O1. The quantitative estimate of drug-likeness (QED) is 0.484. The van der Waals surface area contributed by atoms with Crippen LogP contribution in [0.2, 0.25) is 38.3 Å². The Labute approximate surface area is 138 Å². The van der Waals surface area contributed by atoms with Crippen molar-refractivity contribution in [1.29, 1.82) is 0 Å². The number of rotatable bonds is 8. The lowest BCUT2D eigenvalue weighted by molar-refractivity contribution is 0.116. The molecule has 2 atom stereocenters. The second-order valence-corrected chi connectivity index (χ2v) is 16.2. The van der Waals surface area contributed by atoms with E-state index in [0.717, 1.165) is 24.9 Å². The van der Waals surface area contributed by atoms with Crippen molar-refractivity contribution in [1.82, 2.24) is 0 Å². The van der Waals surface area contributed by atoms with Crippen LogP contribution >= 0.6 is 0 Å². The normalized spacial score (nSPS) is 24.9. The number of hydrogen-bond acceptors (Lipinski definition) is 7. The van der Waals surface area contributed by atoms with Gasteiger partial charge in [-0.15, -0.1) is 0 Å². The molecular formula is C14H26O7Si2. The van der Waals surface area contributed by atoms with E-state index in [-0.39, 0.29) is 12.2 Å². The molecule has 2 aliphatic heterocycles. The molecule has 7 nitrogen and oxygen atoms in total. The highest BCUT2D eigenvalue weighted by Crippen LogP contribution is 2.27. The van der Waals surface area contributed by atoms with Gasteiger partial charge in [-0.3, -0.25) is 0 Å². The third-order valence-corrected chi connectivity index (χ3v) is 11.4. The summed E-state index contributed by atoms with van der Waals surface area (Å²) in [5.74, 6) is 0. The van der Waals surface area contributed by atoms with Gasteiger partial charge in [-0.25, -0.2) is 9.59 Å². The maximum Gasteiger partial charge on any atom is 0.508 e. The minimum absolute atomic E-state index is 0.141. The van der Waals surface area contributed by atoms with E-state index < -0.39 is 28.9 Å². The topological polar surface area (TPSA) is 80.3 Å². The first-order valence-electron chi connectivity index (χ1n) is 8.02. The molecule has 0 aliphatic carbocycles. The summed E-state index contributed by atoms with van der Waals surface area (Å²) in [5, 5.41) is 0. The van der Waals surface area contributed by atoms with Crippen LogP contribution in [-0.2, 0) is 23.1 Å². The first-order valence-corrected chi connectivity index (χ1v) is 14.3. The predicted octanol–water partition coefficient (Wildman–Crippen LogP) is 3.26. The lowest BCUT2D eigenvalue weighted by Gasteiger charge is -2.34. The van der Waals surface area contributed by atoms with Gasteiger partial charge < -0.3 is 23.1 Å². The Morgan fingerprint density at radius 2 is 1.26 bits per heavy atom. The number of cyclic esters (lactones) is 4. The van der Waals surface area contributed by atoms with E-state index in [1.165, 1.54) is 0 Å². The minimum atomic E-state index is -1.84. The fourth-order valence-corrected chi connectivity index (χ4v) is 11.7. The Hall–Kier alpha value is -1.07. The van der Waals surface area contributed by atoms with Crippen LogP contribution < -0.4 is 0 Å². The van der Waals surface area contributed by atoms with Crippen molar-refractivity contribution in [3.8, 4) is 0 Å². The summed E-state index contributed by atoms with van der Waals surface area (Å²) >= 11 is 0. The zero-order chi connectivity index (χ0) is 17.1. The summed E-state index contributed by atoms with van der Waals surface area (Å²) < 4.78 is 26.3. The first-order chi connectivity index (χ1) is 10.7. The minimum Gasteiger partial charge on any atom is -0.455 e. The van der Waals surface area contributed by atoms with E-state index in [2.05, 4.69) is 26.2 Å². The maximum absolute atomic E-state index is 10.9. The molecule has 0 saturated carbocycles. The van der Waals surface area contributed by atoms with Crippen LogP contribution in [0, 0.1) is 0 Å². The summed E-state index contributed by atoms with van der Waals surface area (Å²) in [4.78, 5) is 21.9. The van der Waals surface area contributed by atoms with Gasteiger partial charge in [-0.05, 0) is 51.1 Å². The van der Waals surface area contributed by atoms with Crippen LogP contribution in [0.3, 0.4) is 0 Å². The molecule has 2 aliphatic rings. The average Bonchev–Trinajstić information content (AvgIpc) is 3.02. The number of carbonyl (C=O) groups excluding carboxylic acids is 2. The maximum atomic E-state index is 10.9. The zero-order valence-corrected chi connectivity index (χ0v) is 16.3. The van der Waals surface area contributed by atoms with Crippen LogP contribution in [0.5, 0.6) is 0 Å². The fraction of sp³-hybridized carbons (Fsp3) is 0.857. The Morgan fingerprint density at radius 1 is 0.870 bits per heavy atom. The highest BCUT2D eigenvalue weighted by Gasteiger charge is 2.36. The molecule has 0 bridgehead atoms. The number of hydrogen-bond donors (Lipinski definition) is 0. The molecule has 0 aromatic heterocycles. The van der Waals surface area contributed by atoms with Gasteiger partial charge in [0.05, 0.1) is 0 Å². The highest BCUT2D eigenvalue weighted by atomic mass is 28.4. The van der Waals surface area contributed by atoms with E-state index in [0.29, 0.717) is 13.2 Å². The van der Waals surface area contributed by atoms with E-state index in [9.17, 15) is 9.59 Å². The van der Waals surface area contributed by atoms with Crippen LogP contribution in [-0.4, -0.2) is 54.4 Å². The molecule has 0 amide bonds. The van der Waals surface area contributed by atoms with Crippen molar-refractivity contribution < 1.29 is 32.7 Å². The summed E-state index contributed by atoms with van der Waals surface area (Å²) in [7, 11) is -3.69. The van der Waals surface area contributed by atoms with Gasteiger partial charge in [0.1, 0.15) is 25.4 Å². The number of ether oxygens (including phenoxy) is 4. The van der Waals surface area contributed by atoms with Crippen LogP contribution in [0.15, 0.2) is 0 Å². The van der Waals surface area contributed by atoms with Crippen molar-refractivity contribution in [2.45, 2.75) is 63.3 Å². The van der Waals surface area contributed by atoms with E-state index in [1.807, 2.05) is 0 Å². The smallest absolute Gasteiger partial charge is 0.455 e. The third kappa shape index (κ3) is 6.15. The Kier molecular flexibility index (Phi) is 5.74. The van der Waals surface area contributed by atoms with Gasteiger partial charge in [0.25, 0.3) is 0 Å². The summed E-state index contributed by atoms with van der Waals surface area (Å²) in [5.41, 5.74) is 0. The molecule has 23 heavy (non-hydrogen) atoms. The molecule has 2 heterocycles. The molecule has 0 N–H and O–H groups in total. The largest absolute Gasteiger partial charge is 0.508 e. The Bertz CT molecular complexity index is 412. The molecule has 0 aromatic carbocycles. The Morgan fingerprint density at radius 3 is 1.57 bits per heavy atom. The number of carbonyl (C=O) groups is 2. The van der Waals surface area contributed by atoms with Crippen molar-refractivity contribution in [2.75, 3.05) is 13.2 Å². The van der Waals surface area contributed by atoms with Gasteiger partial charge in [0, 0.05) is 0 Å². The van der Waals surface area contributed by atoms with Gasteiger partial charge in [0.15, 0.2) is 16.6 Å². The summed E-state index contributed by atoms with van der Waals surface area (Å²) in [6, 6.07) is 1.85.